The number of hydrogen-bond donors (Lipinski definition) is 0. The average molecular weight is 166 g/mol. The van der Waals surface area contributed by atoms with E-state index in [0.717, 1.165) is 25.7 Å². The van der Waals surface area contributed by atoms with Gasteiger partial charge in [0.1, 0.15) is 5.60 Å². The first-order valence-electron chi connectivity index (χ1n) is 4.27. The van der Waals surface area contributed by atoms with Gasteiger partial charge in [0.05, 0.1) is 6.42 Å². The van der Waals surface area contributed by atoms with Crippen molar-refractivity contribution in [2.24, 2.45) is 0 Å². The van der Waals surface area contributed by atoms with Crippen molar-refractivity contribution in [2.45, 2.75) is 37.7 Å². The molecule has 66 valence electrons. The third kappa shape index (κ3) is 1.51. The first-order valence-corrected chi connectivity index (χ1v) is 4.27. The van der Waals surface area contributed by atoms with E-state index in [4.69, 9.17) is 11.2 Å². The fourth-order valence-electron chi connectivity index (χ4n) is 1.80. The molecule has 1 aliphatic carbocycles. The lowest BCUT2D eigenvalue weighted by Gasteiger charge is -2.24. The van der Waals surface area contributed by atoms with E-state index in [2.05, 4.69) is 5.92 Å². The van der Waals surface area contributed by atoms with Crippen molar-refractivity contribution in [1.82, 2.24) is 0 Å². The number of methoxy groups -OCH3 is 1. The molecule has 2 nitrogen and oxygen atoms in total. The zero-order valence-corrected chi connectivity index (χ0v) is 7.43. The number of carbonyl (C=O) groups excluding carboxylic acids is 1. The van der Waals surface area contributed by atoms with E-state index >= 15 is 0 Å². The molecule has 0 saturated heterocycles. The van der Waals surface area contributed by atoms with Crippen molar-refractivity contribution in [3.63, 3.8) is 0 Å². The predicted octanol–water partition coefficient (Wildman–Crippen LogP) is 1.54. The molecule has 0 aromatic rings. The number of Topliss-reactive ketones (excluding diaryl/α,β-unsaturated/α-hetero) is 1. The number of terminal acetylenes is 1. The Morgan fingerprint density at radius 3 is 2.58 bits per heavy atom. The molecule has 0 bridgehead atoms. The van der Waals surface area contributed by atoms with Crippen LogP contribution in [0.25, 0.3) is 0 Å². The minimum atomic E-state index is -0.535. The van der Waals surface area contributed by atoms with Gasteiger partial charge in [-0.05, 0) is 25.7 Å². The molecule has 0 amide bonds. The number of ketones is 1. The second-order valence-corrected chi connectivity index (χ2v) is 3.21. The zero-order chi connectivity index (χ0) is 9.03. The normalized spacial score (nSPS) is 20.3. The topological polar surface area (TPSA) is 26.3 Å². The van der Waals surface area contributed by atoms with Crippen molar-refractivity contribution >= 4 is 5.78 Å². The van der Waals surface area contributed by atoms with Gasteiger partial charge in [-0.3, -0.25) is 4.79 Å². The van der Waals surface area contributed by atoms with E-state index < -0.39 is 5.60 Å². The molecule has 1 rings (SSSR count). The second-order valence-electron chi connectivity index (χ2n) is 3.21. The SMILES string of the molecule is C#CCC(=O)C1(OC)CCCC1. The highest BCUT2D eigenvalue weighted by Crippen LogP contribution is 2.34. The van der Waals surface area contributed by atoms with E-state index in [-0.39, 0.29) is 12.2 Å². The summed E-state index contributed by atoms with van der Waals surface area (Å²) >= 11 is 0. The Morgan fingerprint density at radius 2 is 2.17 bits per heavy atom. The number of hydrogen-bond acceptors (Lipinski definition) is 2. The van der Waals surface area contributed by atoms with Crippen LogP contribution >= 0.6 is 0 Å². The molecule has 1 saturated carbocycles. The van der Waals surface area contributed by atoms with Crippen LogP contribution in [0, 0.1) is 12.3 Å². The number of carbonyl (C=O) groups is 1. The first kappa shape index (κ1) is 9.28. The summed E-state index contributed by atoms with van der Waals surface area (Å²) in [4.78, 5) is 11.5. The molecule has 0 aromatic heterocycles. The summed E-state index contributed by atoms with van der Waals surface area (Å²) in [5, 5.41) is 0. The standard InChI is InChI=1S/C10H14O2/c1-3-6-9(11)10(12-2)7-4-5-8-10/h1H,4-8H2,2H3. The van der Waals surface area contributed by atoms with Crippen molar-refractivity contribution in [2.75, 3.05) is 7.11 Å². The van der Waals surface area contributed by atoms with E-state index in [1.807, 2.05) is 0 Å². The zero-order valence-electron chi connectivity index (χ0n) is 7.43. The Labute approximate surface area is 73.3 Å². The molecule has 12 heavy (non-hydrogen) atoms. The van der Waals surface area contributed by atoms with Gasteiger partial charge in [-0.2, -0.15) is 0 Å². The monoisotopic (exact) mass is 166 g/mol. The van der Waals surface area contributed by atoms with Gasteiger partial charge in [0, 0.05) is 7.11 Å². The Kier molecular flexibility index (Phi) is 2.88. The first-order chi connectivity index (χ1) is 5.75. The van der Waals surface area contributed by atoms with E-state index in [1.165, 1.54) is 0 Å². The third-order valence-corrected chi connectivity index (χ3v) is 2.57. The Hall–Kier alpha value is -0.810. The fraction of sp³-hybridized carbons (Fsp3) is 0.700. The Balaban J connectivity index is 2.67. The lowest BCUT2D eigenvalue weighted by atomic mass is 9.94. The molecule has 1 fully saturated rings. The van der Waals surface area contributed by atoms with E-state index in [1.54, 1.807) is 7.11 Å². The van der Waals surface area contributed by atoms with Crippen LogP contribution < -0.4 is 0 Å². The molecule has 0 atom stereocenters. The molecule has 0 aliphatic heterocycles. The molecule has 1 aliphatic rings. The van der Waals surface area contributed by atoms with Crippen LogP contribution in [0.1, 0.15) is 32.1 Å². The van der Waals surface area contributed by atoms with Crippen LogP contribution in [-0.2, 0) is 9.53 Å². The number of rotatable bonds is 3. The van der Waals surface area contributed by atoms with Crippen LogP contribution in [0.5, 0.6) is 0 Å². The van der Waals surface area contributed by atoms with Crippen molar-refractivity contribution in [3.8, 4) is 12.3 Å². The lowest BCUT2D eigenvalue weighted by molar-refractivity contribution is -0.139. The summed E-state index contributed by atoms with van der Waals surface area (Å²) in [6.45, 7) is 0. The Morgan fingerprint density at radius 1 is 1.58 bits per heavy atom. The highest BCUT2D eigenvalue weighted by Gasteiger charge is 2.40. The maximum atomic E-state index is 11.5. The summed E-state index contributed by atoms with van der Waals surface area (Å²) in [7, 11) is 1.60. The molecule has 0 heterocycles. The Bertz CT molecular complexity index is 206. The van der Waals surface area contributed by atoms with E-state index in [9.17, 15) is 4.79 Å². The lowest BCUT2D eigenvalue weighted by Crippen LogP contribution is -2.37. The van der Waals surface area contributed by atoms with E-state index in [0.29, 0.717) is 0 Å². The third-order valence-electron chi connectivity index (χ3n) is 2.57. The summed E-state index contributed by atoms with van der Waals surface area (Å²) in [5.41, 5.74) is -0.535. The maximum absolute atomic E-state index is 11.5. The van der Waals surface area contributed by atoms with Crippen LogP contribution in [0.15, 0.2) is 0 Å². The van der Waals surface area contributed by atoms with Crippen LogP contribution in [0.2, 0.25) is 0 Å². The maximum Gasteiger partial charge on any atom is 0.176 e. The predicted molar refractivity (Wildman–Crippen MR) is 46.7 cm³/mol. The van der Waals surface area contributed by atoms with Crippen molar-refractivity contribution < 1.29 is 9.53 Å². The summed E-state index contributed by atoms with van der Waals surface area (Å²) < 4.78 is 5.27. The molecule has 0 aromatic carbocycles. The molecular weight excluding hydrogens is 152 g/mol. The average Bonchev–Trinajstić information content (AvgIpc) is 2.54. The van der Waals surface area contributed by atoms with Gasteiger partial charge in [0.2, 0.25) is 0 Å². The van der Waals surface area contributed by atoms with Gasteiger partial charge in [-0.25, -0.2) is 0 Å². The van der Waals surface area contributed by atoms with Crippen molar-refractivity contribution in [3.05, 3.63) is 0 Å². The smallest absolute Gasteiger partial charge is 0.176 e. The molecule has 0 spiro atoms. The minimum absolute atomic E-state index is 0.0741. The van der Waals surface area contributed by atoms with Gasteiger partial charge in [0.15, 0.2) is 5.78 Å². The molecule has 0 N–H and O–H groups in total. The van der Waals surface area contributed by atoms with Crippen LogP contribution in [0.3, 0.4) is 0 Å². The largest absolute Gasteiger partial charge is 0.370 e. The molecule has 0 unspecified atom stereocenters. The fourth-order valence-corrected chi connectivity index (χ4v) is 1.80. The van der Waals surface area contributed by atoms with Crippen molar-refractivity contribution in [1.29, 1.82) is 0 Å². The molecule has 2 heteroatoms. The highest BCUT2D eigenvalue weighted by atomic mass is 16.5. The molecular formula is C10H14O2. The van der Waals surface area contributed by atoms with Gasteiger partial charge < -0.3 is 4.74 Å². The summed E-state index contributed by atoms with van der Waals surface area (Å²) in [5.74, 6) is 2.45. The summed E-state index contributed by atoms with van der Waals surface area (Å²) in [6.07, 6.45) is 9.11. The van der Waals surface area contributed by atoms with Gasteiger partial charge >= 0.3 is 0 Å². The van der Waals surface area contributed by atoms with Gasteiger partial charge in [-0.15, -0.1) is 6.42 Å². The van der Waals surface area contributed by atoms with Gasteiger partial charge in [-0.1, -0.05) is 5.92 Å². The number of ether oxygens (including phenoxy) is 1. The summed E-state index contributed by atoms with van der Waals surface area (Å²) in [6, 6.07) is 0. The van der Waals surface area contributed by atoms with Crippen LogP contribution in [0.4, 0.5) is 0 Å². The quantitative estimate of drug-likeness (QED) is 0.594. The molecule has 0 radical (unpaired) electrons. The van der Waals surface area contributed by atoms with Gasteiger partial charge in [0.25, 0.3) is 0 Å². The van der Waals surface area contributed by atoms with Crippen LogP contribution in [-0.4, -0.2) is 18.5 Å². The highest BCUT2D eigenvalue weighted by molar-refractivity contribution is 5.89. The second kappa shape index (κ2) is 3.73. The minimum Gasteiger partial charge on any atom is -0.370 e.